The highest BCUT2D eigenvalue weighted by atomic mass is 16.4. The lowest BCUT2D eigenvalue weighted by atomic mass is 10.1. The van der Waals surface area contributed by atoms with Crippen molar-refractivity contribution < 1.29 is 10.0 Å². The number of carbonyl (C=O) groups excluding carboxylic acids is 1. The van der Waals surface area contributed by atoms with Gasteiger partial charge < -0.3 is 16.3 Å². The van der Waals surface area contributed by atoms with Gasteiger partial charge in [-0.15, -0.1) is 0 Å². The Labute approximate surface area is 112 Å². The summed E-state index contributed by atoms with van der Waals surface area (Å²) in [6, 6.07) is 6.74. The molecule has 0 unspecified atom stereocenters. The van der Waals surface area contributed by atoms with Crippen LogP contribution < -0.4 is 11.1 Å². The molecule has 1 aliphatic carbocycles. The van der Waals surface area contributed by atoms with Crippen LogP contribution in [0.15, 0.2) is 29.4 Å². The van der Waals surface area contributed by atoms with Gasteiger partial charge in [-0.1, -0.05) is 30.1 Å². The van der Waals surface area contributed by atoms with Crippen LogP contribution in [-0.2, 0) is 0 Å². The fraction of sp³-hybridized carbons (Fsp3) is 0.429. The molecule has 1 aromatic carbocycles. The Morgan fingerprint density at radius 3 is 2.84 bits per heavy atom. The van der Waals surface area contributed by atoms with E-state index in [1.54, 1.807) is 24.3 Å². The van der Waals surface area contributed by atoms with Crippen LogP contribution in [0, 0.1) is 5.92 Å². The minimum Gasteiger partial charge on any atom is -0.409 e. The predicted octanol–water partition coefficient (Wildman–Crippen LogP) is 1.70. The van der Waals surface area contributed by atoms with E-state index in [-0.39, 0.29) is 11.7 Å². The minimum absolute atomic E-state index is 0.00313. The van der Waals surface area contributed by atoms with Crippen LogP contribution in [0.4, 0.5) is 0 Å². The fourth-order valence-electron chi connectivity index (χ4n) is 1.98. The number of hydrogen-bond donors (Lipinski definition) is 3. The third kappa shape index (κ3) is 3.98. The van der Waals surface area contributed by atoms with Crippen LogP contribution in [0.1, 0.15) is 41.6 Å². The van der Waals surface area contributed by atoms with E-state index in [2.05, 4.69) is 10.5 Å². The summed E-state index contributed by atoms with van der Waals surface area (Å²) in [5, 5.41) is 14.4. The van der Waals surface area contributed by atoms with Gasteiger partial charge in [-0.05, 0) is 30.9 Å². The fourth-order valence-corrected chi connectivity index (χ4v) is 1.98. The number of rotatable bonds is 6. The Hall–Kier alpha value is -2.04. The van der Waals surface area contributed by atoms with E-state index in [0.29, 0.717) is 17.7 Å². The van der Waals surface area contributed by atoms with E-state index in [1.807, 2.05) is 0 Å². The maximum atomic E-state index is 11.9. The molecule has 0 bridgehead atoms. The molecule has 1 fully saturated rings. The van der Waals surface area contributed by atoms with Gasteiger partial charge in [-0.3, -0.25) is 4.79 Å². The molecule has 0 aliphatic heterocycles. The number of amidine groups is 1. The lowest BCUT2D eigenvalue weighted by Gasteiger charge is -2.06. The topological polar surface area (TPSA) is 87.7 Å². The van der Waals surface area contributed by atoms with Crippen molar-refractivity contribution in [3.8, 4) is 0 Å². The predicted molar refractivity (Wildman–Crippen MR) is 73.2 cm³/mol. The summed E-state index contributed by atoms with van der Waals surface area (Å²) in [5.41, 5.74) is 6.55. The van der Waals surface area contributed by atoms with E-state index < -0.39 is 0 Å². The highest BCUT2D eigenvalue weighted by Gasteiger charge is 2.20. The summed E-state index contributed by atoms with van der Waals surface area (Å²) >= 11 is 0. The quantitative estimate of drug-likeness (QED) is 0.239. The maximum absolute atomic E-state index is 11.9. The van der Waals surface area contributed by atoms with Gasteiger partial charge in [0.1, 0.15) is 0 Å². The van der Waals surface area contributed by atoms with Crippen LogP contribution >= 0.6 is 0 Å². The van der Waals surface area contributed by atoms with Crippen molar-refractivity contribution in [1.82, 2.24) is 5.32 Å². The summed E-state index contributed by atoms with van der Waals surface area (Å²) in [6.45, 7) is 0.698. The smallest absolute Gasteiger partial charge is 0.251 e. The number of nitrogens with one attached hydrogen (secondary N) is 1. The maximum Gasteiger partial charge on any atom is 0.251 e. The minimum atomic E-state index is -0.122. The van der Waals surface area contributed by atoms with Gasteiger partial charge >= 0.3 is 0 Å². The van der Waals surface area contributed by atoms with E-state index in [9.17, 15) is 4.79 Å². The van der Waals surface area contributed by atoms with Gasteiger partial charge in [0, 0.05) is 17.7 Å². The number of carbonyl (C=O) groups is 1. The molecule has 5 heteroatoms. The zero-order valence-electron chi connectivity index (χ0n) is 10.8. The summed E-state index contributed by atoms with van der Waals surface area (Å²) in [4.78, 5) is 11.9. The van der Waals surface area contributed by atoms with Crippen molar-refractivity contribution in [3.63, 3.8) is 0 Å². The van der Waals surface area contributed by atoms with Crippen LogP contribution in [0.25, 0.3) is 0 Å². The molecule has 4 N–H and O–H groups in total. The monoisotopic (exact) mass is 261 g/mol. The SMILES string of the molecule is N/C(=N/O)c1cccc(C(=O)NCCCC2CC2)c1. The zero-order chi connectivity index (χ0) is 13.7. The first kappa shape index (κ1) is 13.4. The van der Waals surface area contributed by atoms with E-state index in [4.69, 9.17) is 10.9 Å². The molecule has 0 heterocycles. The molecular formula is C14H19N3O2. The van der Waals surface area contributed by atoms with Crippen molar-refractivity contribution in [1.29, 1.82) is 0 Å². The number of hydrogen-bond acceptors (Lipinski definition) is 3. The molecule has 5 nitrogen and oxygen atoms in total. The Bertz CT molecular complexity index is 481. The van der Waals surface area contributed by atoms with Gasteiger partial charge in [0.2, 0.25) is 0 Å². The summed E-state index contributed by atoms with van der Waals surface area (Å²) < 4.78 is 0. The Morgan fingerprint density at radius 1 is 1.42 bits per heavy atom. The average Bonchev–Trinajstić information content (AvgIpc) is 3.26. The Morgan fingerprint density at radius 2 is 2.16 bits per heavy atom. The molecule has 0 radical (unpaired) electrons. The molecule has 2 rings (SSSR count). The van der Waals surface area contributed by atoms with Crippen molar-refractivity contribution in [2.75, 3.05) is 6.54 Å². The molecule has 0 aromatic heterocycles. The number of nitrogens with two attached hydrogens (primary N) is 1. The second kappa shape index (κ2) is 6.22. The standard InChI is InChI=1S/C14H19N3O2/c15-13(17-19)11-4-1-5-12(9-11)14(18)16-8-2-3-10-6-7-10/h1,4-5,9-10,19H,2-3,6-8H2,(H2,15,17)(H,16,18). The Balaban J connectivity index is 1.86. The van der Waals surface area contributed by atoms with Crippen LogP contribution in [0.5, 0.6) is 0 Å². The summed E-state index contributed by atoms with van der Waals surface area (Å²) in [6.07, 6.45) is 4.91. The van der Waals surface area contributed by atoms with Gasteiger partial charge in [0.05, 0.1) is 0 Å². The summed E-state index contributed by atoms with van der Waals surface area (Å²) in [7, 11) is 0. The van der Waals surface area contributed by atoms with Gasteiger partial charge in [0.25, 0.3) is 5.91 Å². The van der Waals surface area contributed by atoms with Gasteiger partial charge in [-0.2, -0.15) is 0 Å². The molecule has 19 heavy (non-hydrogen) atoms. The first-order valence-corrected chi connectivity index (χ1v) is 6.57. The Kier molecular flexibility index (Phi) is 4.39. The first-order valence-electron chi connectivity index (χ1n) is 6.57. The lowest BCUT2D eigenvalue weighted by molar-refractivity contribution is 0.0953. The molecule has 1 aliphatic rings. The molecule has 1 aromatic rings. The molecule has 102 valence electrons. The average molecular weight is 261 g/mol. The van der Waals surface area contributed by atoms with Crippen LogP contribution in [0.2, 0.25) is 0 Å². The van der Waals surface area contributed by atoms with E-state index in [0.717, 1.165) is 12.3 Å². The highest BCUT2D eigenvalue weighted by Crippen LogP contribution is 2.33. The van der Waals surface area contributed by atoms with E-state index in [1.165, 1.54) is 19.3 Å². The molecule has 0 atom stereocenters. The molecule has 1 amide bonds. The van der Waals surface area contributed by atoms with Crippen LogP contribution in [-0.4, -0.2) is 23.5 Å². The van der Waals surface area contributed by atoms with Gasteiger partial charge in [-0.25, -0.2) is 0 Å². The number of amides is 1. The van der Waals surface area contributed by atoms with E-state index >= 15 is 0 Å². The summed E-state index contributed by atoms with van der Waals surface area (Å²) in [5.74, 6) is 0.771. The van der Waals surface area contributed by atoms with Crippen molar-refractivity contribution in [2.24, 2.45) is 16.8 Å². The van der Waals surface area contributed by atoms with Gasteiger partial charge in [0.15, 0.2) is 5.84 Å². The molecular weight excluding hydrogens is 242 g/mol. The number of nitrogens with zero attached hydrogens (tertiary/aromatic N) is 1. The van der Waals surface area contributed by atoms with Crippen molar-refractivity contribution in [3.05, 3.63) is 35.4 Å². The van der Waals surface area contributed by atoms with Crippen LogP contribution in [0.3, 0.4) is 0 Å². The molecule has 0 spiro atoms. The first-order chi connectivity index (χ1) is 9.20. The van der Waals surface area contributed by atoms with Crippen molar-refractivity contribution >= 4 is 11.7 Å². The molecule has 0 saturated heterocycles. The third-order valence-corrected chi connectivity index (χ3v) is 3.30. The van der Waals surface area contributed by atoms with Crippen molar-refractivity contribution in [2.45, 2.75) is 25.7 Å². The second-order valence-corrected chi connectivity index (χ2v) is 4.91. The number of oxime groups is 1. The normalized spacial score (nSPS) is 15.3. The second-order valence-electron chi connectivity index (χ2n) is 4.91. The largest absolute Gasteiger partial charge is 0.409 e. The zero-order valence-corrected chi connectivity index (χ0v) is 10.8. The third-order valence-electron chi connectivity index (χ3n) is 3.30. The lowest BCUT2D eigenvalue weighted by Crippen LogP contribution is -2.25. The number of benzene rings is 1. The molecule has 1 saturated carbocycles. The highest BCUT2D eigenvalue weighted by molar-refractivity contribution is 6.01.